The van der Waals surface area contributed by atoms with Crippen molar-refractivity contribution in [2.75, 3.05) is 5.32 Å². The van der Waals surface area contributed by atoms with E-state index in [1.807, 2.05) is 4.90 Å². The molecule has 24 heavy (non-hydrogen) atoms. The molecule has 2 aliphatic heterocycles. The molecule has 2 fully saturated rings. The maximum absolute atomic E-state index is 12.6. The number of nitrogens with one attached hydrogen (secondary N) is 1. The van der Waals surface area contributed by atoms with Crippen molar-refractivity contribution in [3.63, 3.8) is 0 Å². The lowest BCUT2D eigenvalue weighted by Gasteiger charge is -2.47. The first-order valence-corrected chi connectivity index (χ1v) is 8.61. The number of anilines is 1. The van der Waals surface area contributed by atoms with E-state index in [2.05, 4.69) is 5.32 Å². The van der Waals surface area contributed by atoms with E-state index >= 15 is 0 Å². The predicted octanol–water partition coefficient (Wildman–Crippen LogP) is 2.02. The smallest absolute Gasteiger partial charge is 0.224 e. The summed E-state index contributed by atoms with van der Waals surface area (Å²) in [6.07, 6.45) is 4.27. The molecular weight excluding hydrogens is 308 g/mol. The summed E-state index contributed by atoms with van der Waals surface area (Å²) < 4.78 is 0. The molecule has 6 nitrogen and oxygen atoms in total. The highest BCUT2D eigenvalue weighted by Crippen LogP contribution is 2.34. The van der Waals surface area contributed by atoms with Crippen molar-refractivity contribution in [1.82, 2.24) is 4.90 Å². The van der Waals surface area contributed by atoms with E-state index in [4.69, 9.17) is 0 Å². The van der Waals surface area contributed by atoms with E-state index < -0.39 is 0 Å². The second-order valence-electron chi connectivity index (χ2n) is 6.76. The Bertz CT molecular complexity index is 605. The van der Waals surface area contributed by atoms with Crippen molar-refractivity contribution in [3.05, 3.63) is 24.3 Å². The van der Waals surface area contributed by atoms with Gasteiger partial charge in [0.15, 0.2) is 0 Å². The molecule has 3 atom stereocenters. The molecule has 0 aromatic heterocycles. The maximum Gasteiger partial charge on any atom is 0.224 e. The molecule has 0 radical (unpaired) electrons. The van der Waals surface area contributed by atoms with Gasteiger partial charge in [0.2, 0.25) is 11.8 Å². The van der Waals surface area contributed by atoms with Crippen LogP contribution in [0.15, 0.2) is 24.3 Å². The fraction of sp³-hybridized carbons (Fsp3) is 0.556. The standard InChI is InChI=1S/C18H24N2O4/c21-15-6-1-3-12(9-15)19-17(23)7-8-18(24)20-13-4-2-5-14(20)11-16(22)10-13/h1,3,6,9,13-14,16,21-22H,2,4-5,7-8,10-11H2,(H,19,23)/t13-,14+,16?. The summed E-state index contributed by atoms with van der Waals surface area (Å²) in [5, 5.41) is 22.0. The fourth-order valence-corrected chi connectivity index (χ4v) is 3.92. The van der Waals surface area contributed by atoms with Crippen molar-refractivity contribution in [2.45, 2.75) is 63.1 Å². The van der Waals surface area contributed by atoms with E-state index in [0.717, 1.165) is 19.3 Å². The summed E-state index contributed by atoms with van der Waals surface area (Å²) in [5.41, 5.74) is 0.519. The summed E-state index contributed by atoms with van der Waals surface area (Å²) in [6, 6.07) is 6.58. The number of carbonyl (C=O) groups is 2. The van der Waals surface area contributed by atoms with Gasteiger partial charge >= 0.3 is 0 Å². The molecular formula is C18H24N2O4. The zero-order valence-corrected chi connectivity index (χ0v) is 13.6. The van der Waals surface area contributed by atoms with Gasteiger partial charge < -0.3 is 20.4 Å². The average molecular weight is 332 g/mol. The van der Waals surface area contributed by atoms with Crippen LogP contribution in [0.4, 0.5) is 5.69 Å². The van der Waals surface area contributed by atoms with Crippen LogP contribution in [0.2, 0.25) is 0 Å². The zero-order valence-electron chi connectivity index (χ0n) is 13.6. The largest absolute Gasteiger partial charge is 0.508 e. The first-order valence-electron chi connectivity index (χ1n) is 8.61. The highest BCUT2D eigenvalue weighted by atomic mass is 16.3. The molecule has 2 saturated heterocycles. The second kappa shape index (κ2) is 7.21. The third-order valence-corrected chi connectivity index (χ3v) is 4.93. The minimum absolute atomic E-state index is 0.00246. The van der Waals surface area contributed by atoms with Gasteiger partial charge in [-0.25, -0.2) is 0 Å². The fourth-order valence-electron chi connectivity index (χ4n) is 3.92. The average Bonchev–Trinajstić information content (AvgIpc) is 2.51. The van der Waals surface area contributed by atoms with Gasteiger partial charge in [-0.1, -0.05) is 6.07 Å². The number of aromatic hydroxyl groups is 1. The first-order chi connectivity index (χ1) is 11.5. The molecule has 0 spiro atoms. The van der Waals surface area contributed by atoms with Crippen molar-refractivity contribution in [2.24, 2.45) is 0 Å². The van der Waals surface area contributed by atoms with Gasteiger partial charge in [-0.2, -0.15) is 0 Å². The Morgan fingerprint density at radius 1 is 1.17 bits per heavy atom. The Kier molecular flexibility index (Phi) is 5.04. The van der Waals surface area contributed by atoms with Crippen LogP contribution < -0.4 is 5.32 Å². The lowest BCUT2D eigenvalue weighted by Crippen LogP contribution is -2.55. The van der Waals surface area contributed by atoms with Gasteiger partial charge in [-0.05, 0) is 44.2 Å². The third-order valence-electron chi connectivity index (χ3n) is 4.93. The summed E-state index contributed by atoms with van der Waals surface area (Å²) in [4.78, 5) is 26.5. The number of hydrogen-bond donors (Lipinski definition) is 3. The maximum atomic E-state index is 12.6. The van der Waals surface area contributed by atoms with E-state index in [1.165, 1.54) is 12.1 Å². The monoisotopic (exact) mass is 332 g/mol. The number of aliphatic hydroxyl groups excluding tert-OH is 1. The summed E-state index contributed by atoms with van der Waals surface area (Å²) in [6.45, 7) is 0. The van der Waals surface area contributed by atoms with Crippen molar-refractivity contribution in [1.29, 1.82) is 0 Å². The molecule has 3 N–H and O–H groups in total. The number of piperidine rings is 2. The molecule has 130 valence electrons. The van der Waals surface area contributed by atoms with E-state index in [9.17, 15) is 19.8 Å². The quantitative estimate of drug-likeness (QED) is 0.787. The molecule has 6 heteroatoms. The Balaban J connectivity index is 1.52. The molecule has 2 heterocycles. The number of amides is 2. The highest BCUT2D eigenvalue weighted by molar-refractivity contribution is 5.93. The van der Waals surface area contributed by atoms with Crippen LogP contribution in [0, 0.1) is 0 Å². The van der Waals surface area contributed by atoms with Gasteiger partial charge in [-0.15, -0.1) is 0 Å². The van der Waals surface area contributed by atoms with Crippen LogP contribution in [-0.2, 0) is 9.59 Å². The normalized spacial score (nSPS) is 26.0. The number of rotatable bonds is 4. The number of carbonyl (C=O) groups excluding carboxylic acids is 2. The van der Waals surface area contributed by atoms with Gasteiger partial charge in [0, 0.05) is 36.7 Å². The number of hydrogen-bond acceptors (Lipinski definition) is 4. The van der Waals surface area contributed by atoms with Gasteiger partial charge in [-0.3, -0.25) is 9.59 Å². The SMILES string of the molecule is O=C(CCC(=O)N1[C@@H]2CCC[C@H]1CC(O)C2)Nc1cccc(O)c1. The molecule has 2 aliphatic rings. The van der Waals surface area contributed by atoms with Crippen LogP contribution in [0.3, 0.4) is 0 Å². The minimum Gasteiger partial charge on any atom is -0.508 e. The van der Waals surface area contributed by atoms with Crippen molar-refractivity contribution >= 4 is 17.5 Å². The molecule has 1 aromatic rings. The predicted molar refractivity (Wildman–Crippen MR) is 89.5 cm³/mol. The number of phenolic OH excluding ortho intramolecular Hbond substituents is 1. The Hall–Kier alpha value is -2.08. The van der Waals surface area contributed by atoms with Crippen LogP contribution in [0.5, 0.6) is 5.75 Å². The minimum atomic E-state index is -0.307. The topological polar surface area (TPSA) is 89.9 Å². The third kappa shape index (κ3) is 3.87. The number of nitrogens with zero attached hydrogens (tertiary/aromatic N) is 1. The molecule has 2 amide bonds. The molecule has 1 aromatic carbocycles. The number of phenols is 1. The van der Waals surface area contributed by atoms with Crippen molar-refractivity contribution < 1.29 is 19.8 Å². The van der Waals surface area contributed by atoms with Crippen LogP contribution in [0.25, 0.3) is 0 Å². The molecule has 1 unspecified atom stereocenters. The lowest BCUT2D eigenvalue weighted by molar-refractivity contribution is -0.145. The van der Waals surface area contributed by atoms with Gasteiger partial charge in [0.05, 0.1) is 6.10 Å². The van der Waals surface area contributed by atoms with Crippen LogP contribution in [-0.4, -0.2) is 45.1 Å². The van der Waals surface area contributed by atoms with Crippen molar-refractivity contribution in [3.8, 4) is 5.75 Å². The molecule has 0 saturated carbocycles. The number of fused-ring (bicyclic) bond motifs is 2. The van der Waals surface area contributed by atoms with Gasteiger partial charge in [0.1, 0.15) is 5.75 Å². The molecule has 0 aliphatic carbocycles. The summed E-state index contributed by atoms with van der Waals surface area (Å²) in [7, 11) is 0. The highest BCUT2D eigenvalue weighted by Gasteiger charge is 2.39. The van der Waals surface area contributed by atoms with E-state index in [0.29, 0.717) is 18.5 Å². The Labute approximate surface area is 141 Å². The summed E-state index contributed by atoms with van der Waals surface area (Å²) >= 11 is 0. The summed E-state index contributed by atoms with van der Waals surface area (Å²) in [5.74, 6) is -0.151. The van der Waals surface area contributed by atoms with E-state index in [-0.39, 0.29) is 48.6 Å². The van der Waals surface area contributed by atoms with E-state index in [1.54, 1.807) is 12.1 Å². The van der Waals surface area contributed by atoms with Gasteiger partial charge in [0.25, 0.3) is 0 Å². The second-order valence-corrected chi connectivity index (χ2v) is 6.76. The number of benzene rings is 1. The number of aliphatic hydroxyl groups is 1. The van der Waals surface area contributed by atoms with Crippen LogP contribution >= 0.6 is 0 Å². The first kappa shape index (κ1) is 16.8. The lowest BCUT2D eigenvalue weighted by atomic mass is 9.82. The zero-order chi connectivity index (χ0) is 17.1. The molecule has 2 bridgehead atoms. The Morgan fingerprint density at radius 2 is 1.88 bits per heavy atom. The molecule has 3 rings (SSSR count). The Morgan fingerprint density at radius 3 is 2.54 bits per heavy atom. The van der Waals surface area contributed by atoms with Crippen LogP contribution in [0.1, 0.15) is 44.9 Å².